The van der Waals surface area contributed by atoms with Gasteiger partial charge in [-0.1, -0.05) is 26.0 Å². The largest absolute Gasteiger partial charge is 0.484 e. The summed E-state index contributed by atoms with van der Waals surface area (Å²) in [5, 5.41) is 9.20. The summed E-state index contributed by atoms with van der Waals surface area (Å²) >= 11 is 0. The van der Waals surface area contributed by atoms with Crippen LogP contribution < -0.4 is 4.74 Å². The van der Waals surface area contributed by atoms with Crippen LogP contribution in [0.2, 0.25) is 0 Å². The van der Waals surface area contributed by atoms with Crippen molar-refractivity contribution in [2.24, 2.45) is 0 Å². The van der Waals surface area contributed by atoms with E-state index in [2.05, 4.69) is 13.8 Å². The minimum atomic E-state index is -0.395. The molecule has 0 aromatic heterocycles. The Morgan fingerprint density at radius 1 is 1.35 bits per heavy atom. The van der Waals surface area contributed by atoms with E-state index in [9.17, 15) is 9.90 Å². The Morgan fingerprint density at radius 2 is 2.05 bits per heavy atom. The predicted octanol–water partition coefficient (Wildman–Crippen LogP) is 2.42. The third kappa shape index (κ3) is 5.61. The van der Waals surface area contributed by atoms with Crippen molar-refractivity contribution in [1.82, 2.24) is 4.90 Å². The summed E-state index contributed by atoms with van der Waals surface area (Å²) in [4.78, 5) is 13.4. The Morgan fingerprint density at radius 3 is 2.65 bits per heavy atom. The van der Waals surface area contributed by atoms with Gasteiger partial charge in [0.2, 0.25) is 0 Å². The monoisotopic (exact) mass is 279 g/mol. The van der Waals surface area contributed by atoms with Gasteiger partial charge in [-0.25, -0.2) is 0 Å². The van der Waals surface area contributed by atoms with Crippen LogP contribution in [0.1, 0.15) is 38.7 Å². The highest BCUT2D eigenvalue weighted by Gasteiger charge is 2.10. The summed E-state index contributed by atoms with van der Waals surface area (Å²) in [6.45, 7) is 6.51. The van der Waals surface area contributed by atoms with E-state index in [1.165, 1.54) is 5.56 Å². The maximum Gasteiger partial charge on any atom is 0.260 e. The average molecular weight is 279 g/mol. The predicted molar refractivity (Wildman–Crippen MR) is 80.0 cm³/mol. The Hall–Kier alpha value is -1.55. The molecule has 1 aromatic carbocycles. The molecule has 0 heterocycles. The topological polar surface area (TPSA) is 49.8 Å². The number of rotatable bonds is 7. The normalized spacial score (nSPS) is 12.3. The number of ether oxygens (including phenoxy) is 1. The Kier molecular flexibility index (Phi) is 6.52. The zero-order valence-corrected chi connectivity index (χ0v) is 12.8. The van der Waals surface area contributed by atoms with Crippen molar-refractivity contribution in [2.45, 2.75) is 39.2 Å². The van der Waals surface area contributed by atoms with Crippen LogP contribution in [-0.2, 0) is 4.79 Å². The number of aliphatic hydroxyl groups excluding tert-OH is 1. The molecule has 0 saturated carbocycles. The molecule has 1 aromatic rings. The van der Waals surface area contributed by atoms with Gasteiger partial charge in [0, 0.05) is 13.6 Å². The van der Waals surface area contributed by atoms with Crippen LogP contribution in [-0.4, -0.2) is 42.2 Å². The molecule has 20 heavy (non-hydrogen) atoms. The van der Waals surface area contributed by atoms with Crippen LogP contribution in [0.3, 0.4) is 0 Å². The molecule has 1 unspecified atom stereocenters. The summed E-state index contributed by atoms with van der Waals surface area (Å²) in [6.07, 6.45) is 0.180. The molecular formula is C16H25NO3. The number of nitrogens with zero attached hydrogens (tertiary/aromatic N) is 1. The molecule has 0 aliphatic heterocycles. The number of hydrogen-bond donors (Lipinski definition) is 1. The van der Waals surface area contributed by atoms with E-state index < -0.39 is 6.10 Å². The smallest absolute Gasteiger partial charge is 0.260 e. The third-order valence-corrected chi connectivity index (χ3v) is 3.20. The second-order valence-electron chi connectivity index (χ2n) is 5.47. The van der Waals surface area contributed by atoms with E-state index in [4.69, 9.17) is 4.74 Å². The van der Waals surface area contributed by atoms with E-state index in [1.807, 2.05) is 24.3 Å². The number of amides is 1. The van der Waals surface area contributed by atoms with Gasteiger partial charge in [-0.2, -0.15) is 0 Å². The first-order valence-corrected chi connectivity index (χ1v) is 7.05. The van der Waals surface area contributed by atoms with Crippen molar-refractivity contribution in [3.05, 3.63) is 29.8 Å². The quantitative estimate of drug-likeness (QED) is 0.834. The van der Waals surface area contributed by atoms with Crippen LogP contribution in [0.4, 0.5) is 0 Å². The second kappa shape index (κ2) is 7.90. The van der Waals surface area contributed by atoms with Crippen molar-refractivity contribution < 1.29 is 14.6 Å². The number of carbonyl (C=O) groups excluding carboxylic acids is 1. The molecule has 1 rings (SSSR count). The molecule has 1 atom stereocenters. The molecule has 1 amide bonds. The summed E-state index contributed by atoms with van der Waals surface area (Å²) < 4.78 is 5.53. The standard InChI is InChI=1S/C16H25NO3/c1-12(2)14-6-5-7-15(10-14)20-11-16(19)17(4)9-8-13(3)18/h5-7,10,12-13,18H,8-9,11H2,1-4H3. The Balaban J connectivity index is 2.46. The SMILES string of the molecule is CC(O)CCN(C)C(=O)COc1cccc(C(C)C)c1. The molecule has 0 radical (unpaired) electrons. The van der Waals surface area contributed by atoms with Gasteiger partial charge in [0.05, 0.1) is 6.10 Å². The van der Waals surface area contributed by atoms with Crippen molar-refractivity contribution >= 4 is 5.91 Å². The molecule has 4 heteroatoms. The third-order valence-electron chi connectivity index (χ3n) is 3.20. The fourth-order valence-corrected chi connectivity index (χ4v) is 1.72. The van der Waals surface area contributed by atoms with Crippen molar-refractivity contribution in [3.8, 4) is 5.75 Å². The molecule has 0 fully saturated rings. The highest BCUT2D eigenvalue weighted by atomic mass is 16.5. The zero-order valence-electron chi connectivity index (χ0n) is 12.8. The van der Waals surface area contributed by atoms with Crippen LogP contribution in [0, 0.1) is 0 Å². The average Bonchev–Trinajstić information content (AvgIpc) is 2.42. The van der Waals surface area contributed by atoms with Gasteiger partial charge >= 0.3 is 0 Å². The summed E-state index contributed by atoms with van der Waals surface area (Å²) in [6, 6.07) is 7.81. The zero-order chi connectivity index (χ0) is 15.1. The maximum atomic E-state index is 11.9. The van der Waals surface area contributed by atoms with E-state index >= 15 is 0 Å². The first kappa shape index (κ1) is 16.5. The minimum absolute atomic E-state index is 0.0257. The fraction of sp³-hybridized carbons (Fsp3) is 0.562. The first-order chi connectivity index (χ1) is 9.40. The fourth-order valence-electron chi connectivity index (χ4n) is 1.72. The van der Waals surface area contributed by atoms with Crippen LogP contribution in [0.25, 0.3) is 0 Å². The second-order valence-corrected chi connectivity index (χ2v) is 5.47. The van der Waals surface area contributed by atoms with Gasteiger partial charge in [0.15, 0.2) is 6.61 Å². The van der Waals surface area contributed by atoms with Gasteiger partial charge in [-0.3, -0.25) is 4.79 Å². The van der Waals surface area contributed by atoms with Crippen LogP contribution in [0.5, 0.6) is 5.75 Å². The van der Waals surface area contributed by atoms with Gasteiger partial charge in [0.25, 0.3) is 5.91 Å². The highest BCUT2D eigenvalue weighted by molar-refractivity contribution is 5.77. The molecule has 0 saturated heterocycles. The summed E-state index contributed by atoms with van der Waals surface area (Å²) in [7, 11) is 1.72. The minimum Gasteiger partial charge on any atom is -0.484 e. The van der Waals surface area contributed by atoms with E-state index in [0.29, 0.717) is 24.6 Å². The van der Waals surface area contributed by atoms with Gasteiger partial charge in [-0.05, 0) is 37.0 Å². The number of aliphatic hydroxyl groups is 1. The Bertz CT molecular complexity index is 429. The van der Waals surface area contributed by atoms with Crippen LogP contribution in [0.15, 0.2) is 24.3 Å². The lowest BCUT2D eigenvalue weighted by atomic mass is 10.0. The van der Waals surface area contributed by atoms with E-state index in [0.717, 1.165) is 0 Å². The Labute approximate surface area is 121 Å². The van der Waals surface area contributed by atoms with Crippen molar-refractivity contribution in [1.29, 1.82) is 0 Å². The van der Waals surface area contributed by atoms with Crippen LogP contribution >= 0.6 is 0 Å². The lowest BCUT2D eigenvalue weighted by molar-refractivity contribution is -0.132. The molecule has 0 aliphatic rings. The summed E-state index contributed by atoms with van der Waals surface area (Å²) in [5.74, 6) is 1.07. The molecule has 0 spiro atoms. The van der Waals surface area contributed by atoms with Gasteiger partial charge in [-0.15, -0.1) is 0 Å². The number of carbonyl (C=O) groups is 1. The lowest BCUT2D eigenvalue weighted by Crippen LogP contribution is -2.33. The van der Waals surface area contributed by atoms with Crippen molar-refractivity contribution in [2.75, 3.05) is 20.2 Å². The lowest BCUT2D eigenvalue weighted by Gasteiger charge is -2.18. The number of benzene rings is 1. The molecule has 0 bridgehead atoms. The highest BCUT2D eigenvalue weighted by Crippen LogP contribution is 2.20. The number of hydrogen-bond acceptors (Lipinski definition) is 3. The molecule has 1 N–H and O–H groups in total. The van der Waals surface area contributed by atoms with Crippen molar-refractivity contribution in [3.63, 3.8) is 0 Å². The number of likely N-dealkylation sites (N-methyl/N-ethyl adjacent to an activating group) is 1. The van der Waals surface area contributed by atoms with E-state index in [1.54, 1.807) is 18.9 Å². The molecule has 4 nitrogen and oxygen atoms in total. The first-order valence-electron chi connectivity index (χ1n) is 7.05. The van der Waals surface area contributed by atoms with E-state index in [-0.39, 0.29) is 12.5 Å². The maximum absolute atomic E-state index is 11.9. The molecular weight excluding hydrogens is 254 g/mol. The molecule has 0 aliphatic carbocycles. The summed E-state index contributed by atoms with van der Waals surface area (Å²) in [5.41, 5.74) is 1.19. The molecule has 112 valence electrons. The van der Waals surface area contributed by atoms with Gasteiger partial charge in [0.1, 0.15) is 5.75 Å². The van der Waals surface area contributed by atoms with Gasteiger partial charge < -0.3 is 14.7 Å².